The lowest BCUT2D eigenvalue weighted by Gasteiger charge is -2.07. The van der Waals surface area contributed by atoms with Gasteiger partial charge in [-0.05, 0) is 47.7 Å². The van der Waals surface area contributed by atoms with Crippen LogP contribution < -0.4 is 5.32 Å². The zero-order chi connectivity index (χ0) is 14.2. The second-order valence-corrected chi connectivity index (χ2v) is 5.36. The van der Waals surface area contributed by atoms with Crippen molar-refractivity contribution in [3.8, 4) is 11.1 Å². The molecule has 0 unspecified atom stereocenters. The molecule has 0 bridgehead atoms. The van der Waals surface area contributed by atoms with Crippen LogP contribution in [0.2, 0.25) is 0 Å². The molecule has 3 aromatic rings. The van der Waals surface area contributed by atoms with E-state index in [1.165, 1.54) is 22.3 Å². The average molecular weight is 277 g/mol. The van der Waals surface area contributed by atoms with E-state index in [1.807, 2.05) is 6.92 Å². The molecule has 1 heterocycles. The van der Waals surface area contributed by atoms with Crippen molar-refractivity contribution in [1.29, 1.82) is 0 Å². The summed E-state index contributed by atoms with van der Waals surface area (Å²) in [6, 6.07) is 15.1. The molecule has 21 heavy (non-hydrogen) atoms. The minimum absolute atomic E-state index is 0.626. The predicted molar refractivity (Wildman–Crippen MR) is 81.0 cm³/mol. The average Bonchev–Trinajstić information content (AvgIpc) is 3.07. The molecule has 2 aromatic carbocycles. The lowest BCUT2D eigenvalue weighted by atomic mass is 10.1. The number of hydrogen-bond acceptors (Lipinski definition) is 4. The first-order valence-electron chi connectivity index (χ1n) is 7.04. The maximum absolute atomic E-state index is 4.71. The molecule has 4 nitrogen and oxygen atoms in total. The van der Waals surface area contributed by atoms with Gasteiger partial charge in [0.05, 0.1) is 6.54 Å². The number of hydrogen-bond donors (Lipinski definition) is 1. The molecule has 0 radical (unpaired) electrons. The monoisotopic (exact) mass is 277 g/mol. The van der Waals surface area contributed by atoms with Crippen molar-refractivity contribution in [3.63, 3.8) is 0 Å². The molecule has 4 rings (SSSR count). The molecule has 0 saturated carbocycles. The molecule has 1 N–H and O–H groups in total. The van der Waals surface area contributed by atoms with Gasteiger partial charge in [-0.1, -0.05) is 40.6 Å². The van der Waals surface area contributed by atoms with Gasteiger partial charge in [-0.15, -0.1) is 0 Å². The van der Waals surface area contributed by atoms with Crippen LogP contribution in [0.3, 0.4) is 0 Å². The first-order valence-corrected chi connectivity index (χ1v) is 7.04. The summed E-state index contributed by atoms with van der Waals surface area (Å²) in [6.07, 6.45) is 1.01. The summed E-state index contributed by atoms with van der Waals surface area (Å²) in [4.78, 5) is 0. The third-order valence-electron chi connectivity index (χ3n) is 4.00. The Morgan fingerprint density at radius 1 is 1.05 bits per heavy atom. The Morgan fingerprint density at radius 2 is 1.90 bits per heavy atom. The van der Waals surface area contributed by atoms with Gasteiger partial charge in [0.2, 0.25) is 0 Å². The van der Waals surface area contributed by atoms with Crippen LogP contribution in [0, 0.1) is 6.92 Å². The smallest absolute Gasteiger partial charge is 0.127 e. The molecular weight excluding hydrogens is 262 g/mol. The highest BCUT2D eigenvalue weighted by molar-refractivity contribution is 5.78. The van der Waals surface area contributed by atoms with Crippen LogP contribution in [-0.2, 0) is 13.0 Å². The lowest BCUT2D eigenvalue weighted by Crippen LogP contribution is -2.01. The number of anilines is 1. The molecule has 0 amide bonds. The van der Waals surface area contributed by atoms with E-state index in [9.17, 15) is 0 Å². The van der Waals surface area contributed by atoms with Gasteiger partial charge < -0.3 is 5.32 Å². The van der Waals surface area contributed by atoms with Gasteiger partial charge in [0.15, 0.2) is 0 Å². The summed E-state index contributed by atoms with van der Waals surface area (Å²) in [6.45, 7) is 2.52. The van der Waals surface area contributed by atoms with Crippen LogP contribution in [0.25, 0.3) is 11.1 Å². The largest absolute Gasteiger partial charge is 0.379 e. The fourth-order valence-corrected chi connectivity index (χ4v) is 2.85. The van der Waals surface area contributed by atoms with E-state index >= 15 is 0 Å². The van der Waals surface area contributed by atoms with E-state index in [2.05, 4.69) is 58.1 Å². The number of benzene rings is 2. The standard InChI is InChI=1S/C17H15N3O/c1-11-17(20-21-19-11)10-18-14-6-7-16-13(9-14)8-12-4-2-3-5-15(12)16/h2-7,9,18H,8,10H2,1H3. The molecule has 1 aromatic heterocycles. The number of rotatable bonds is 3. The van der Waals surface area contributed by atoms with Crippen molar-refractivity contribution >= 4 is 5.69 Å². The molecule has 0 spiro atoms. The summed E-state index contributed by atoms with van der Waals surface area (Å²) in [7, 11) is 0. The summed E-state index contributed by atoms with van der Waals surface area (Å²) < 4.78 is 4.71. The highest BCUT2D eigenvalue weighted by Gasteiger charge is 2.17. The zero-order valence-electron chi connectivity index (χ0n) is 11.8. The van der Waals surface area contributed by atoms with Gasteiger partial charge in [0.1, 0.15) is 11.4 Å². The van der Waals surface area contributed by atoms with Crippen molar-refractivity contribution in [2.24, 2.45) is 0 Å². The maximum atomic E-state index is 4.71. The Hall–Kier alpha value is -2.62. The molecule has 1 aliphatic carbocycles. The van der Waals surface area contributed by atoms with Gasteiger partial charge in [0, 0.05) is 5.69 Å². The molecule has 0 aliphatic heterocycles. The highest BCUT2D eigenvalue weighted by atomic mass is 16.6. The minimum atomic E-state index is 0.626. The van der Waals surface area contributed by atoms with E-state index in [0.717, 1.165) is 23.5 Å². The molecular formula is C17H15N3O. The first kappa shape index (κ1) is 12.1. The number of fused-ring (bicyclic) bond motifs is 3. The fourth-order valence-electron chi connectivity index (χ4n) is 2.85. The maximum Gasteiger partial charge on any atom is 0.127 e. The number of aromatic nitrogens is 2. The Labute approximate surface area is 122 Å². The fraction of sp³-hybridized carbons (Fsp3) is 0.176. The molecule has 0 atom stereocenters. The van der Waals surface area contributed by atoms with Crippen LogP contribution in [0.15, 0.2) is 47.1 Å². The van der Waals surface area contributed by atoms with Crippen molar-refractivity contribution in [2.45, 2.75) is 19.9 Å². The second-order valence-electron chi connectivity index (χ2n) is 5.36. The molecule has 1 aliphatic rings. The van der Waals surface area contributed by atoms with Crippen LogP contribution in [0.1, 0.15) is 22.5 Å². The van der Waals surface area contributed by atoms with Crippen LogP contribution in [0.5, 0.6) is 0 Å². The van der Waals surface area contributed by atoms with Gasteiger partial charge in [-0.3, -0.25) is 0 Å². The summed E-state index contributed by atoms with van der Waals surface area (Å²) in [5.41, 5.74) is 8.25. The molecule has 0 saturated heterocycles. The van der Waals surface area contributed by atoms with E-state index in [4.69, 9.17) is 4.63 Å². The van der Waals surface area contributed by atoms with Gasteiger partial charge >= 0.3 is 0 Å². The Balaban J connectivity index is 1.57. The van der Waals surface area contributed by atoms with Crippen molar-refractivity contribution in [2.75, 3.05) is 5.32 Å². The Bertz CT molecular complexity index is 807. The van der Waals surface area contributed by atoms with E-state index in [1.54, 1.807) is 0 Å². The Kier molecular flexibility index (Phi) is 2.74. The summed E-state index contributed by atoms with van der Waals surface area (Å²) in [5, 5.41) is 11.1. The molecule has 4 heteroatoms. The van der Waals surface area contributed by atoms with Crippen LogP contribution in [0.4, 0.5) is 5.69 Å². The number of nitrogens with one attached hydrogen (secondary N) is 1. The van der Waals surface area contributed by atoms with E-state index in [-0.39, 0.29) is 0 Å². The van der Waals surface area contributed by atoms with Crippen molar-refractivity contribution < 1.29 is 4.63 Å². The number of nitrogens with zero attached hydrogens (tertiary/aromatic N) is 2. The van der Waals surface area contributed by atoms with Gasteiger partial charge in [-0.25, -0.2) is 4.63 Å². The zero-order valence-corrected chi connectivity index (χ0v) is 11.8. The third-order valence-corrected chi connectivity index (χ3v) is 4.00. The van der Waals surface area contributed by atoms with E-state index < -0.39 is 0 Å². The van der Waals surface area contributed by atoms with Gasteiger partial charge in [-0.2, -0.15) is 0 Å². The predicted octanol–water partition coefficient (Wildman–Crippen LogP) is 3.56. The van der Waals surface area contributed by atoms with E-state index in [0.29, 0.717) is 6.54 Å². The van der Waals surface area contributed by atoms with Gasteiger partial charge in [0.25, 0.3) is 0 Å². The van der Waals surface area contributed by atoms with Crippen LogP contribution >= 0.6 is 0 Å². The highest BCUT2D eigenvalue weighted by Crippen LogP contribution is 2.37. The molecule has 104 valence electrons. The van der Waals surface area contributed by atoms with Crippen molar-refractivity contribution in [3.05, 3.63) is 65.0 Å². The minimum Gasteiger partial charge on any atom is -0.379 e. The lowest BCUT2D eigenvalue weighted by molar-refractivity contribution is 0.301. The topological polar surface area (TPSA) is 51.0 Å². The summed E-state index contributed by atoms with van der Waals surface area (Å²) in [5.74, 6) is 0. The third kappa shape index (κ3) is 2.09. The van der Waals surface area contributed by atoms with Crippen molar-refractivity contribution in [1.82, 2.24) is 10.3 Å². The SMILES string of the molecule is Cc1nonc1CNc1ccc2c(c1)Cc1ccccc1-2. The number of aryl methyl sites for hydroxylation is 1. The van der Waals surface area contributed by atoms with Crippen LogP contribution in [-0.4, -0.2) is 10.3 Å². The normalized spacial score (nSPS) is 12.0. The second kappa shape index (κ2) is 4.74. The quantitative estimate of drug-likeness (QED) is 0.622. The Morgan fingerprint density at radius 3 is 2.76 bits per heavy atom. The molecule has 0 fully saturated rings. The first-order chi connectivity index (χ1) is 10.3. The summed E-state index contributed by atoms with van der Waals surface area (Å²) >= 11 is 0.